The molecule has 21 heavy (non-hydrogen) atoms. The Balaban J connectivity index is 1.83. The van der Waals surface area contributed by atoms with Crippen LogP contribution in [0.4, 0.5) is 8.78 Å². The number of ether oxygens (including phenoxy) is 1. The predicted octanol–water partition coefficient (Wildman–Crippen LogP) is 1.96. The summed E-state index contributed by atoms with van der Waals surface area (Å²) in [7, 11) is 1.61. The number of benzene rings is 1. The SMILES string of the molecule is COCCCN1C(=O)C2(CC2)NC1c1ccc(F)c(F)c1. The molecule has 3 rings (SSSR count). The number of nitrogens with one attached hydrogen (secondary N) is 1. The topological polar surface area (TPSA) is 41.6 Å². The van der Waals surface area contributed by atoms with Crippen LogP contribution in [0.3, 0.4) is 0 Å². The summed E-state index contributed by atoms with van der Waals surface area (Å²) in [6.07, 6.45) is 1.91. The van der Waals surface area contributed by atoms with Crippen LogP contribution >= 0.6 is 0 Å². The van der Waals surface area contributed by atoms with Crippen molar-refractivity contribution in [2.75, 3.05) is 20.3 Å². The zero-order valence-electron chi connectivity index (χ0n) is 11.9. The van der Waals surface area contributed by atoms with Gasteiger partial charge in [-0.3, -0.25) is 10.1 Å². The lowest BCUT2D eigenvalue weighted by Crippen LogP contribution is -2.33. The van der Waals surface area contributed by atoms with Crippen LogP contribution in [0.5, 0.6) is 0 Å². The fraction of sp³-hybridized carbons (Fsp3) is 0.533. The van der Waals surface area contributed by atoms with Crippen molar-refractivity contribution < 1.29 is 18.3 Å². The van der Waals surface area contributed by atoms with Gasteiger partial charge in [-0.25, -0.2) is 8.78 Å². The summed E-state index contributed by atoms with van der Waals surface area (Å²) in [5, 5.41) is 3.28. The standard InChI is InChI=1S/C15H18F2N2O2/c1-21-8-2-7-19-13(18-15(5-6-15)14(19)20)10-3-4-11(16)12(17)9-10/h3-4,9,13,18H,2,5-8H2,1H3. The number of halogens is 2. The number of amides is 1. The minimum Gasteiger partial charge on any atom is -0.385 e. The zero-order valence-corrected chi connectivity index (χ0v) is 11.9. The van der Waals surface area contributed by atoms with E-state index in [4.69, 9.17) is 4.74 Å². The van der Waals surface area contributed by atoms with E-state index in [0.717, 1.165) is 25.0 Å². The maximum Gasteiger partial charge on any atom is 0.244 e. The zero-order chi connectivity index (χ0) is 15.0. The minimum absolute atomic E-state index is 0.0494. The summed E-state index contributed by atoms with van der Waals surface area (Å²) in [6.45, 7) is 1.09. The first kappa shape index (κ1) is 14.4. The van der Waals surface area contributed by atoms with Gasteiger partial charge in [0.05, 0.1) is 0 Å². The number of hydrogen-bond acceptors (Lipinski definition) is 3. The van der Waals surface area contributed by atoms with Gasteiger partial charge >= 0.3 is 0 Å². The van der Waals surface area contributed by atoms with E-state index >= 15 is 0 Å². The first-order chi connectivity index (χ1) is 10.1. The average molecular weight is 296 g/mol. The third kappa shape index (κ3) is 2.53. The molecule has 1 unspecified atom stereocenters. The molecule has 1 atom stereocenters. The summed E-state index contributed by atoms with van der Waals surface area (Å²) in [6, 6.07) is 3.78. The Morgan fingerprint density at radius 1 is 1.38 bits per heavy atom. The second kappa shape index (κ2) is 5.35. The molecule has 4 nitrogen and oxygen atoms in total. The van der Waals surface area contributed by atoms with Crippen LogP contribution in [0.25, 0.3) is 0 Å². The van der Waals surface area contributed by atoms with Gasteiger partial charge in [0.1, 0.15) is 11.7 Å². The molecule has 6 heteroatoms. The molecule has 2 aliphatic rings. The maximum atomic E-state index is 13.4. The Bertz CT molecular complexity index is 561. The van der Waals surface area contributed by atoms with Gasteiger partial charge < -0.3 is 9.64 Å². The molecule has 1 saturated carbocycles. The van der Waals surface area contributed by atoms with E-state index in [1.165, 1.54) is 6.07 Å². The first-order valence-corrected chi connectivity index (χ1v) is 7.10. The Morgan fingerprint density at radius 3 is 2.76 bits per heavy atom. The van der Waals surface area contributed by atoms with Gasteiger partial charge in [-0.2, -0.15) is 0 Å². The van der Waals surface area contributed by atoms with Crippen LogP contribution in [0.1, 0.15) is 31.0 Å². The second-order valence-corrected chi connectivity index (χ2v) is 5.65. The quantitative estimate of drug-likeness (QED) is 0.845. The van der Waals surface area contributed by atoms with Gasteiger partial charge in [0.15, 0.2) is 11.6 Å². The molecule has 1 aromatic rings. The molecular weight excluding hydrogens is 278 g/mol. The lowest BCUT2D eigenvalue weighted by Gasteiger charge is -2.24. The van der Waals surface area contributed by atoms with Crippen LogP contribution in [0.2, 0.25) is 0 Å². The lowest BCUT2D eigenvalue weighted by atomic mass is 10.1. The number of rotatable bonds is 5. The fourth-order valence-corrected chi connectivity index (χ4v) is 2.83. The van der Waals surface area contributed by atoms with Crippen LogP contribution in [0, 0.1) is 11.6 Å². The average Bonchev–Trinajstić information content (AvgIpc) is 3.20. The lowest BCUT2D eigenvalue weighted by molar-refractivity contribution is -0.131. The third-order valence-electron chi connectivity index (χ3n) is 4.15. The Labute approximate surface area is 122 Å². The molecular formula is C15H18F2N2O2. The maximum absolute atomic E-state index is 13.4. The molecule has 114 valence electrons. The molecule has 1 spiro atoms. The normalized spacial score (nSPS) is 23.1. The number of carbonyl (C=O) groups is 1. The summed E-state index contributed by atoms with van der Waals surface area (Å²) >= 11 is 0. The van der Waals surface area contributed by atoms with Gasteiger partial charge in [0, 0.05) is 20.3 Å². The molecule has 0 bridgehead atoms. The molecule has 1 aliphatic heterocycles. The second-order valence-electron chi connectivity index (χ2n) is 5.65. The minimum atomic E-state index is -0.893. The van der Waals surface area contributed by atoms with Crippen LogP contribution in [-0.4, -0.2) is 36.6 Å². The van der Waals surface area contributed by atoms with E-state index in [0.29, 0.717) is 25.1 Å². The van der Waals surface area contributed by atoms with Crippen molar-refractivity contribution in [1.29, 1.82) is 0 Å². The van der Waals surface area contributed by atoms with Crippen LogP contribution in [-0.2, 0) is 9.53 Å². The number of nitrogens with zero attached hydrogens (tertiary/aromatic N) is 1. The van der Waals surface area contributed by atoms with E-state index in [-0.39, 0.29) is 5.91 Å². The summed E-state index contributed by atoms with van der Waals surface area (Å²) in [5.74, 6) is -1.72. The van der Waals surface area contributed by atoms with Crippen molar-refractivity contribution in [2.45, 2.75) is 31.0 Å². The number of methoxy groups -OCH3 is 1. The summed E-state index contributed by atoms with van der Waals surface area (Å²) < 4.78 is 31.5. The van der Waals surface area contributed by atoms with E-state index < -0.39 is 23.3 Å². The first-order valence-electron chi connectivity index (χ1n) is 7.10. The van der Waals surface area contributed by atoms with E-state index in [2.05, 4.69) is 5.32 Å². The predicted molar refractivity (Wildman–Crippen MR) is 72.4 cm³/mol. The third-order valence-corrected chi connectivity index (χ3v) is 4.15. The van der Waals surface area contributed by atoms with Crippen LogP contribution < -0.4 is 5.32 Å². The molecule has 1 saturated heterocycles. The molecule has 1 amide bonds. The highest BCUT2D eigenvalue weighted by atomic mass is 19.2. The molecule has 1 aromatic carbocycles. The Kier molecular flexibility index (Phi) is 3.67. The highest BCUT2D eigenvalue weighted by Crippen LogP contribution is 2.46. The van der Waals surface area contributed by atoms with Gasteiger partial charge in [-0.1, -0.05) is 6.07 Å². The van der Waals surface area contributed by atoms with Crippen molar-refractivity contribution in [1.82, 2.24) is 10.2 Å². The van der Waals surface area contributed by atoms with Crippen LogP contribution in [0.15, 0.2) is 18.2 Å². The van der Waals surface area contributed by atoms with Crippen molar-refractivity contribution in [3.63, 3.8) is 0 Å². The van der Waals surface area contributed by atoms with Gasteiger partial charge in [-0.15, -0.1) is 0 Å². The molecule has 1 aliphatic carbocycles. The highest BCUT2D eigenvalue weighted by Gasteiger charge is 2.59. The molecule has 0 radical (unpaired) electrons. The monoisotopic (exact) mass is 296 g/mol. The number of hydrogen-bond donors (Lipinski definition) is 1. The van der Waals surface area contributed by atoms with E-state index in [1.54, 1.807) is 12.0 Å². The Morgan fingerprint density at radius 2 is 2.14 bits per heavy atom. The highest BCUT2D eigenvalue weighted by molar-refractivity contribution is 5.92. The van der Waals surface area contributed by atoms with Crippen molar-refractivity contribution in [3.8, 4) is 0 Å². The van der Waals surface area contributed by atoms with Gasteiger partial charge in [0.2, 0.25) is 5.91 Å². The summed E-state index contributed by atoms with van der Waals surface area (Å²) in [5.41, 5.74) is 0.0891. The number of carbonyl (C=O) groups excluding carboxylic acids is 1. The van der Waals surface area contributed by atoms with Crippen molar-refractivity contribution in [2.24, 2.45) is 0 Å². The summed E-state index contributed by atoms with van der Waals surface area (Å²) in [4.78, 5) is 14.2. The molecule has 2 fully saturated rings. The van der Waals surface area contributed by atoms with Gasteiger partial charge in [0.25, 0.3) is 0 Å². The molecule has 0 aromatic heterocycles. The van der Waals surface area contributed by atoms with Crippen molar-refractivity contribution >= 4 is 5.91 Å². The van der Waals surface area contributed by atoms with E-state index in [1.807, 2.05) is 0 Å². The van der Waals surface area contributed by atoms with Gasteiger partial charge in [-0.05, 0) is 37.0 Å². The molecule has 1 N–H and O–H groups in total. The fourth-order valence-electron chi connectivity index (χ4n) is 2.83. The largest absolute Gasteiger partial charge is 0.385 e. The molecule has 1 heterocycles. The van der Waals surface area contributed by atoms with Crippen molar-refractivity contribution in [3.05, 3.63) is 35.4 Å². The smallest absolute Gasteiger partial charge is 0.244 e. The van der Waals surface area contributed by atoms with E-state index in [9.17, 15) is 13.6 Å². The Hall–Kier alpha value is -1.53.